The zero-order chi connectivity index (χ0) is 15.1. The number of carbonyl (C=O) groups excluding carboxylic acids is 1. The lowest BCUT2D eigenvalue weighted by molar-refractivity contribution is 0.0580. The lowest BCUT2D eigenvalue weighted by Crippen LogP contribution is -2.41. The van der Waals surface area contributed by atoms with E-state index in [2.05, 4.69) is 24.1 Å². The maximum atomic E-state index is 12.0. The van der Waals surface area contributed by atoms with Gasteiger partial charge in [0.2, 0.25) is 0 Å². The van der Waals surface area contributed by atoms with Crippen LogP contribution in [-0.4, -0.2) is 46.8 Å². The van der Waals surface area contributed by atoms with Crippen LogP contribution in [0.15, 0.2) is 12.4 Å². The van der Waals surface area contributed by atoms with Gasteiger partial charge in [0, 0.05) is 38.6 Å². The Morgan fingerprint density at radius 1 is 1.50 bits per heavy atom. The molecular weight excluding hydrogens is 256 g/mol. The number of aromatic nitrogens is 2. The van der Waals surface area contributed by atoms with Crippen LogP contribution in [-0.2, 0) is 11.3 Å². The fraction of sp³-hybridized carbons (Fsp3) is 0.714. The fourth-order valence-electron chi connectivity index (χ4n) is 2.05. The van der Waals surface area contributed by atoms with E-state index in [0.717, 1.165) is 5.82 Å². The van der Waals surface area contributed by atoms with E-state index in [4.69, 9.17) is 4.74 Å². The number of urea groups is 1. The zero-order valence-corrected chi connectivity index (χ0v) is 13.1. The Kier molecular flexibility index (Phi) is 6.51. The number of nitrogens with one attached hydrogen (secondary N) is 1. The molecule has 1 rings (SSSR count). The summed E-state index contributed by atoms with van der Waals surface area (Å²) in [5.41, 5.74) is 0. The molecule has 20 heavy (non-hydrogen) atoms. The van der Waals surface area contributed by atoms with Crippen molar-refractivity contribution in [1.29, 1.82) is 0 Å². The molecule has 0 radical (unpaired) electrons. The Morgan fingerprint density at radius 3 is 2.80 bits per heavy atom. The quantitative estimate of drug-likeness (QED) is 0.832. The highest BCUT2D eigenvalue weighted by molar-refractivity contribution is 5.73. The second-order valence-electron chi connectivity index (χ2n) is 5.15. The van der Waals surface area contributed by atoms with Gasteiger partial charge >= 0.3 is 6.03 Å². The minimum atomic E-state index is -0.116. The number of imidazole rings is 1. The molecule has 2 amide bonds. The number of carbonyl (C=O) groups is 1. The largest absolute Gasteiger partial charge is 0.377 e. The highest BCUT2D eigenvalue weighted by atomic mass is 16.5. The number of amides is 2. The van der Waals surface area contributed by atoms with E-state index in [-0.39, 0.29) is 12.1 Å². The van der Waals surface area contributed by atoms with Crippen molar-refractivity contribution >= 4 is 6.03 Å². The van der Waals surface area contributed by atoms with Gasteiger partial charge in [-0.15, -0.1) is 0 Å². The van der Waals surface area contributed by atoms with Gasteiger partial charge in [-0.2, -0.15) is 0 Å². The van der Waals surface area contributed by atoms with Crippen LogP contribution in [0.1, 0.15) is 39.6 Å². The van der Waals surface area contributed by atoms with Crippen LogP contribution >= 0.6 is 0 Å². The molecule has 0 aliphatic carbocycles. The van der Waals surface area contributed by atoms with E-state index in [0.29, 0.717) is 25.7 Å². The van der Waals surface area contributed by atoms with Gasteiger partial charge in [0.05, 0.1) is 12.6 Å². The third-order valence-corrected chi connectivity index (χ3v) is 3.03. The molecule has 1 atom stereocenters. The minimum absolute atomic E-state index is 0.0356. The lowest BCUT2D eigenvalue weighted by Gasteiger charge is -2.22. The Balaban J connectivity index is 2.44. The Labute approximate surface area is 121 Å². The standard InChI is InChI=1S/C14H26N4O2/c1-6-20-12(4)10-17(5)14(19)16-9-13-15-7-8-18(13)11(2)3/h7-8,11-12H,6,9-10H2,1-5H3,(H,16,19)/t12-/m0/s1. The minimum Gasteiger partial charge on any atom is -0.377 e. The molecule has 6 heteroatoms. The molecule has 0 fully saturated rings. The first kappa shape index (κ1) is 16.5. The SMILES string of the molecule is CCO[C@@H](C)CN(C)C(=O)NCc1nccn1C(C)C. The maximum Gasteiger partial charge on any atom is 0.317 e. The number of likely N-dealkylation sites (N-methyl/N-ethyl adjacent to an activating group) is 1. The monoisotopic (exact) mass is 282 g/mol. The topological polar surface area (TPSA) is 59.4 Å². The van der Waals surface area contributed by atoms with Gasteiger partial charge in [0.15, 0.2) is 0 Å². The summed E-state index contributed by atoms with van der Waals surface area (Å²) in [5, 5.41) is 2.88. The number of hydrogen-bond acceptors (Lipinski definition) is 3. The molecule has 6 nitrogen and oxygen atoms in total. The van der Waals surface area contributed by atoms with Gasteiger partial charge in [0.25, 0.3) is 0 Å². The summed E-state index contributed by atoms with van der Waals surface area (Å²) in [7, 11) is 1.76. The molecule has 0 aromatic carbocycles. The van der Waals surface area contributed by atoms with Crippen LogP contribution in [0.3, 0.4) is 0 Å². The van der Waals surface area contributed by atoms with Crippen molar-refractivity contribution < 1.29 is 9.53 Å². The van der Waals surface area contributed by atoms with Crippen LogP contribution in [0.4, 0.5) is 4.79 Å². The van der Waals surface area contributed by atoms with Gasteiger partial charge in [-0.1, -0.05) is 0 Å². The highest BCUT2D eigenvalue weighted by Gasteiger charge is 2.13. The average Bonchev–Trinajstić information content (AvgIpc) is 2.84. The van der Waals surface area contributed by atoms with Gasteiger partial charge in [0.1, 0.15) is 5.82 Å². The van der Waals surface area contributed by atoms with Crippen LogP contribution in [0.5, 0.6) is 0 Å². The molecule has 1 heterocycles. The third-order valence-electron chi connectivity index (χ3n) is 3.03. The average molecular weight is 282 g/mol. The van der Waals surface area contributed by atoms with E-state index >= 15 is 0 Å². The van der Waals surface area contributed by atoms with Crippen LogP contribution < -0.4 is 5.32 Å². The number of hydrogen-bond donors (Lipinski definition) is 1. The molecular formula is C14H26N4O2. The van der Waals surface area contributed by atoms with Crippen molar-refractivity contribution in [3.05, 3.63) is 18.2 Å². The molecule has 1 aromatic rings. The van der Waals surface area contributed by atoms with E-state index in [1.54, 1.807) is 18.1 Å². The first-order chi connectivity index (χ1) is 9.45. The van der Waals surface area contributed by atoms with Gasteiger partial charge < -0.3 is 19.5 Å². The normalized spacial score (nSPS) is 12.5. The molecule has 0 aliphatic rings. The first-order valence-corrected chi connectivity index (χ1v) is 7.08. The predicted octanol–water partition coefficient (Wildman–Crippen LogP) is 2.03. The number of nitrogens with zero attached hydrogens (tertiary/aromatic N) is 3. The zero-order valence-electron chi connectivity index (χ0n) is 13.1. The molecule has 0 saturated heterocycles. The van der Waals surface area contributed by atoms with E-state index in [9.17, 15) is 4.79 Å². The summed E-state index contributed by atoms with van der Waals surface area (Å²) in [5.74, 6) is 0.861. The summed E-state index contributed by atoms with van der Waals surface area (Å²) in [6, 6.07) is 0.218. The van der Waals surface area contributed by atoms with Crippen LogP contribution in [0, 0.1) is 0 Å². The lowest BCUT2D eigenvalue weighted by atomic mass is 10.3. The molecule has 0 bridgehead atoms. The summed E-state index contributed by atoms with van der Waals surface area (Å²) in [4.78, 5) is 17.9. The van der Waals surface area contributed by atoms with Crippen molar-refractivity contribution in [2.75, 3.05) is 20.2 Å². The summed E-state index contributed by atoms with van der Waals surface area (Å²) >= 11 is 0. The molecule has 1 aromatic heterocycles. The predicted molar refractivity (Wildman–Crippen MR) is 78.6 cm³/mol. The van der Waals surface area contributed by atoms with Crippen LogP contribution in [0.25, 0.3) is 0 Å². The van der Waals surface area contributed by atoms with Crippen molar-refractivity contribution in [1.82, 2.24) is 19.8 Å². The summed E-state index contributed by atoms with van der Waals surface area (Å²) < 4.78 is 7.47. The van der Waals surface area contributed by atoms with Crippen molar-refractivity contribution in [2.45, 2.75) is 46.4 Å². The summed E-state index contributed by atoms with van der Waals surface area (Å²) in [6.07, 6.45) is 3.71. The van der Waals surface area contributed by atoms with Crippen molar-refractivity contribution in [3.63, 3.8) is 0 Å². The number of ether oxygens (including phenoxy) is 1. The second kappa shape index (κ2) is 7.89. The van der Waals surface area contributed by atoms with Gasteiger partial charge in [-0.05, 0) is 27.7 Å². The molecule has 0 saturated carbocycles. The Morgan fingerprint density at radius 2 is 2.20 bits per heavy atom. The molecule has 114 valence electrons. The van der Waals surface area contributed by atoms with Crippen LogP contribution in [0.2, 0.25) is 0 Å². The van der Waals surface area contributed by atoms with E-state index in [1.807, 2.05) is 24.6 Å². The Bertz CT molecular complexity index is 417. The first-order valence-electron chi connectivity index (χ1n) is 7.08. The molecule has 0 aliphatic heterocycles. The molecule has 0 spiro atoms. The molecule has 0 unspecified atom stereocenters. The van der Waals surface area contributed by atoms with E-state index in [1.165, 1.54) is 0 Å². The molecule has 1 N–H and O–H groups in total. The van der Waals surface area contributed by atoms with Gasteiger partial charge in [-0.3, -0.25) is 0 Å². The number of rotatable bonds is 7. The van der Waals surface area contributed by atoms with E-state index < -0.39 is 0 Å². The third kappa shape index (κ3) is 4.85. The Hall–Kier alpha value is -1.56. The van der Waals surface area contributed by atoms with Crippen molar-refractivity contribution in [2.24, 2.45) is 0 Å². The fourth-order valence-corrected chi connectivity index (χ4v) is 2.05. The highest BCUT2D eigenvalue weighted by Crippen LogP contribution is 2.07. The summed E-state index contributed by atoms with van der Waals surface area (Å²) in [6.45, 7) is 9.73. The smallest absolute Gasteiger partial charge is 0.317 e. The van der Waals surface area contributed by atoms with Gasteiger partial charge in [-0.25, -0.2) is 9.78 Å². The maximum absolute atomic E-state index is 12.0. The second-order valence-corrected chi connectivity index (χ2v) is 5.15. The van der Waals surface area contributed by atoms with Crippen molar-refractivity contribution in [3.8, 4) is 0 Å².